The summed E-state index contributed by atoms with van der Waals surface area (Å²) in [6.45, 7) is -0.0919. The lowest BCUT2D eigenvalue weighted by molar-refractivity contribution is -0.114. The van der Waals surface area contributed by atoms with Crippen LogP contribution < -0.4 is 21.3 Å². The van der Waals surface area contributed by atoms with E-state index in [-0.39, 0.29) is 68.5 Å². The molecule has 1 amide bonds. The average molecular weight is 946 g/mol. The molecule has 326 valence electrons. The normalized spacial score (nSPS) is 12.7. The van der Waals surface area contributed by atoms with E-state index in [4.69, 9.17) is 9.11 Å². The number of sulfone groups is 1. The lowest BCUT2D eigenvalue weighted by atomic mass is 10.1. The van der Waals surface area contributed by atoms with Gasteiger partial charge in [-0.3, -0.25) is 23.0 Å². The first-order valence-electron chi connectivity index (χ1n) is 16.5. The number of anilines is 6. The summed E-state index contributed by atoms with van der Waals surface area (Å²) in [6.07, 6.45) is 0. The maximum atomic E-state index is 12.8. The third kappa shape index (κ3) is 13.3. The molecule has 0 aliphatic rings. The van der Waals surface area contributed by atoms with Crippen LogP contribution in [0.1, 0.15) is 6.92 Å². The maximum absolute atomic E-state index is 12.8. The lowest BCUT2D eigenvalue weighted by Gasteiger charge is -2.13. The maximum Gasteiger partial charge on any atom is 0.397 e. The monoisotopic (exact) mass is 945 g/mol. The van der Waals surface area contributed by atoms with Crippen LogP contribution in [-0.2, 0) is 59.6 Å². The number of azo groups is 1. The van der Waals surface area contributed by atoms with Crippen molar-refractivity contribution in [2.24, 2.45) is 10.2 Å². The predicted molar refractivity (Wildman–Crippen MR) is 216 cm³/mol. The van der Waals surface area contributed by atoms with Crippen molar-refractivity contribution in [1.82, 2.24) is 15.0 Å². The highest BCUT2D eigenvalue weighted by Gasteiger charge is 2.22. The van der Waals surface area contributed by atoms with E-state index in [9.17, 15) is 56.0 Å². The first-order chi connectivity index (χ1) is 28.3. The van der Waals surface area contributed by atoms with E-state index in [2.05, 4.69) is 50.6 Å². The van der Waals surface area contributed by atoms with E-state index in [1.54, 1.807) is 0 Å². The molecule has 5 rings (SSSR count). The Kier molecular flexibility index (Phi) is 13.7. The number of amides is 1. The second kappa shape index (κ2) is 18.0. The van der Waals surface area contributed by atoms with Crippen molar-refractivity contribution in [3.63, 3.8) is 0 Å². The van der Waals surface area contributed by atoms with E-state index in [0.29, 0.717) is 0 Å². The van der Waals surface area contributed by atoms with Crippen molar-refractivity contribution in [3.8, 4) is 0 Å². The van der Waals surface area contributed by atoms with Gasteiger partial charge >= 0.3 is 10.4 Å². The molecule has 0 radical (unpaired) electrons. The fraction of sp³-hybridized carbons (Fsp3) is 0.161. The highest BCUT2D eigenvalue weighted by atomic mass is 32.3. The molecule has 0 atom stereocenters. The molecular formula is C31H31N9O16S5. The second-order valence-corrected chi connectivity index (χ2v) is 19.8. The van der Waals surface area contributed by atoms with Crippen molar-refractivity contribution < 1.29 is 69.3 Å². The predicted octanol–water partition coefficient (Wildman–Crippen LogP) is 3.27. The molecule has 0 spiro atoms. The number of nitrogens with one attached hydrogen (secondary N) is 4. The first-order valence-corrected chi connectivity index (χ1v) is 24.1. The molecule has 4 aromatic carbocycles. The summed E-state index contributed by atoms with van der Waals surface area (Å²) in [5.74, 6) is -2.89. The highest BCUT2D eigenvalue weighted by molar-refractivity contribution is 7.91. The summed E-state index contributed by atoms with van der Waals surface area (Å²) in [4.78, 5) is 23.0. The van der Waals surface area contributed by atoms with E-state index in [1.165, 1.54) is 49.4 Å². The van der Waals surface area contributed by atoms with Crippen LogP contribution in [0.3, 0.4) is 0 Å². The van der Waals surface area contributed by atoms with Crippen LogP contribution >= 0.6 is 0 Å². The Bertz CT molecular complexity index is 3130. The van der Waals surface area contributed by atoms with Crippen LogP contribution in [0.2, 0.25) is 0 Å². The summed E-state index contributed by atoms with van der Waals surface area (Å²) >= 11 is 0. The van der Waals surface area contributed by atoms with Gasteiger partial charge in [-0.15, -0.1) is 5.11 Å². The van der Waals surface area contributed by atoms with Gasteiger partial charge in [-0.25, -0.2) is 12.6 Å². The Hall–Kier alpha value is -5.83. The minimum Gasteiger partial charge on any atom is -0.353 e. The quantitative estimate of drug-likeness (QED) is 0.0461. The molecule has 61 heavy (non-hydrogen) atoms. The van der Waals surface area contributed by atoms with Crippen molar-refractivity contribution in [3.05, 3.63) is 72.8 Å². The van der Waals surface area contributed by atoms with E-state index in [0.717, 1.165) is 30.3 Å². The van der Waals surface area contributed by atoms with Crippen LogP contribution in [0.25, 0.3) is 10.8 Å². The molecule has 5 aromatic rings. The first kappa shape index (κ1) is 46.2. The van der Waals surface area contributed by atoms with Crippen molar-refractivity contribution in [2.75, 3.05) is 45.9 Å². The molecule has 8 N–H and O–H groups in total. The summed E-state index contributed by atoms with van der Waals surface area (Å²) < 4.78 is 160. The zero-order valence-electron chi connectivity index (χ0n) is 30.7. The van der Waals surface area contributed by atoms with Crippen LogP contribution in [0.5, 0.6) is 0 Å². The molecule has 0 saturated heterocycles. The van der Waals surface area contributed by atoms with Gasteiger partial charge in [0.1, 0.15) is 15.5 Å². The molecule has 0 aliphatic heterocycles. The highest BCUT2D eigenvalue weighted by Crippen LogP contribution is 2.36. The van der Waals surface area contributed by atoms with Gasteiger partial charge in [-0.1, -0.05) is 18.2 Å². The van der Waals surface area contributed by atoms with Crippen LogP contribution in [0.4, 0.5) is 46.3 Å². The van der Waals surface area contributed by atoms with Gasteiger partial charge in [0.25, 0.3) is 30.4 Å². The van der Waals surface area contributed by atoms with E-state index in [1.807, 2.05) is 0 Å². The van der Waals surface area contributed by atoms with Gasteiger partial charge < -0.3 is 21.3 Å². The Morgan fingerprint density at radius 1 is 0.672 bits per heavy atom. The van der Waals surface area contributed by atoms with Crippen LogP contribution in [0, 0.1) is 0 Å². The van der Waals surface area contributed by atoms with Gasteiger partial charge in [0.15, 0.2) is 9.84 Å². The Morgan fingerprint density at radius 3 is 1.90 bits per heavy atom. The molecule has 0 fully saturated rings. The number of carbonyl (C=O) groups excluding carboxylic acids is 1. The fourth-order valence-corrected chi connectivity index (χ4v) is 8.47. The van der Waals surface area contributed by atoms with Crippen molar-refractivity contribution in [1.29, 1.82) is 0 Å². The van der Waals surface area contributed by atoms with Crippen molar-refractivity contribution in [2.45, 2.75) is 21.6 Å². The molecule has 0 unspecified atom stereocenters. The third-order valence-electron chi connectivity index (χ3n) is 7.61. The molecule has 0 bridgehead atoms. The molecule has 1 aromatic heterocycles. The number of fused-ring (bicyclic) bond motifs is 1. The fourth-order valence-electron chi connectivity index (χ4n) is 5.16. The average Bonchev–Trinajstić information content (AvgIpc) is 3.12. The summed E-state index contributed by atoms with van der Waals surface area (Å²) in [6, 6.07) is 14.5. The minimum absolute atomic E-state index is 0.00501. The van der Waals surface area contributed by atoms with Gasteiger partial charge in [0.2, 0.25) is 23.8 Å². The van der Waals surface area contributed by atoms with E-state index < -0.39 is 84.4 Å². The summed E-state index contributed by atoms with van der Waals surface area (Å²) in [5.41, 5.74) is -0.0801. The van der Waals surface area contributed by atoms with Gasteiger partial charge in [0, 0.05) is 35.6 Å². The van der Waals surface area contributed by atoms with Crippen molar-refractivity contribution >= 4 is 114 Å². The molecule has 25 nitrogen and oxygen atoms in total. The number of hydrogen-bond donors (Lipinski definition) is 8. The zero-order valence-corrected chi connectivity index (χ0v) is 34.8. The van der Waals surface area contributed by atoms with Crippen LogP contribution in [0.15, 0.2) is 97.7 Å². The second-order valence-electron chi connectivity index (χ2n) is 12.2. The molecular weight excluding hydrogens is 915 g/mol. The third-order valence-corrected chi connectivity index (χ3v) is 12.3. The topological polar surface area (TPSA) is 389 Å². The van der Waals surface area contributed by atoms with Gasteiger partial charge in [-0.2, -0.15) is 53.7 Å². The number of nitrogens with zero attached hydrogens (tertiary/aromatic N) is 5. The molecule has 30 heteroatoms. The lowest BCUT2D eigenvalue weighted by Crippen LogP contribution is -2.17. The molecule has 0 saturated carbocycles. The van der Waals surface area contributed by atoms with Gasteiger partial charge in [0.05, 0.1) is 34.4 Å². The number of benzene rings is 4. The standard InChI is InChI=1S/C31H31N9O16S5/c1-18(41)33-26-16-20(8-9-25(26)40-39-21-15-24-23(28(17-21)60(50,51)52)6-3-7-27(24)59(47,48)49)35-31-37-29(32-10-12-58(44,45)46)36-30(38-31)34-19-4-2-5-22(14-19)57(42,43)13-11-56-61(53,54)55/h2-9,14-17H,10-13H2,1H3,(H,33,41)(H,44,45,46)(H,47,48,49)(H,50,51,52)(H,53,54,55)(H3,32,34,35,36,37,38). The molecule has 1 heterocycles. The zero-order chi connectivity index (χ0) is 45.0. The summed E-state index contributed by atoms with van der Waals surface area (Å²) in [7, 11) is -23.3. The Balaban J connectivity index is 1.48. The SMILES string of the molecule is CC(=O)Nc1cc(Nc2nc(NCCS(=O)(=O)O)nc(Nc3cccc(S(=O)(=O)CCOS(=O)(=O)O)c3)n2)ccc1N=Nc1cc(S(=O)(=O)O)c2cccc(S(=O)(=O)O)c2c1. The number of rotatable bonds is 18. The van der Waals surface area contributed by atoms with E-state index >= 15 is 0 Å². The smallest absolute Gasteiger partial charge is 0.353 e. The van der Waals surface area contributed by atoms with Gasteiger partial charge in [-0.05, 0) is 54.6 Å². The number of aromatic nitrogens is 3. The number of carbonyl (C=O) groups is 1. The minimum atomic E-state index is -4.97. The van der Waals surface area contributed by atoms with Crippen LogP contribution in [-0.4, -0.2) is 106 Å². The Labute approximate surface area is 346 Å². The Morgan fingerprint density at radius 2 is 1.30 bits per heavy atom. The summed E-state index contributed by atoms with van der Waals surface area (Å²) in [5, 5.41) is 18.2. The largest absolute Gasteiger partial charge is 0.397 e. The number of hydrogen-bond acceptors (Lipinski definition) is 20. The molecule has 0 aliphatic carbocycles.